The monoisotopic (exact) mass is 409 g/mol. The second-order valence-corrected chi connectivity index (χ2v) is 6.55. The summed E-state index contributed by atoms with van der Waals surface area (Å²) in [7, 11) is 1.59. The van der Waals surface area contributed by atoms with Crippen molar-refractivity contribution < 1.29 is 23.4 Å². The summed E-state index contributed by atoms with van der Waals surface area (Å²) in [4.78, 5) is 11.7. The molecule has 156 valence electrons. The van der Waals surface area contributed by atoms with Gasteiger partial charge in [-0.2, -0.15) is 0 Å². The molecule has 3 aromatic rings. The lowest BCUT2D eigenvalue weighted by Gasteiger charge is -2.13. The van der Waals surface area contributed by atoms with E-state index in [9.17, 15) is 9.18 Å². The molecule has 6 heteroatoms. The average molecular weight is 409 g/mol. The van der Waals surface area contributed by atoms with Gasteiger partial charge in [0.15, 0.2) is 11.5 Å². The zero-order valence-electron chi connectivity index (χ0n) is 17.0. The van der Waals surface area contributed by atoms with Crippen LogP contribution in [0.15, 0.2) is 66.7 Å². The molecule has 0 atom stereocenters. The Hall–Kier alpha value is -3.54. The van der Waals surface area contributed by atoms with Crippen molar-refractivity contribution in [3.8, 4) is 11.5 Å². The summed E-state index contributed by atoms with van der Waals surface area (Å²) in [6.07, 6.45) is 0. The van der Waals surface area contributed by atoms with E-state index in [-0.39, 0.29) is 11.8 Å². The van der Waals surface area contributed by atoms with E-state index < -0.39 is 0 Å². The fourth-order valence-electron chi connectivity index (χ4n) is 2.83. The summed E-state index contributed by atoms with van der Waals surface area (Å²) >= 11 is 0. The van der Waals surface area contributed by atoms with Crippen LogP contribution in [0.25, 0.3) is 0 Å². The highest BCUT2D eigenvalue weighted by Crippen LogP contribution is 2.29. The second kappa shape index (κ2) is 10.3. The van der Waals surface area contributed by atoms with Gasteiger partial charge in [-0.15, -0.1) is 0 Å². The minimum atomic E-state index is -0.329. The van der Waals surface area contributed by atoms with Crippen molar-refractivity contribution in [3.63, 3.8) is 0 Å². The number of rotatable bonds is 9. The van der Waals surface area contributed by atoms with Gasteiger partial charge in [0.05, 0.1) is 19.3 Å². The molecule has 1 N–H and O–H groups in total. The Bertz CT molecular complexity index is 972. The number of ether oxygens (including phenoxy) is 3. The van der Waals surface area contributed by atoms with Crippen LogP contribution in [0, 0.1) is 5.82 Å². The predicted molar refractivity (Wildman–Crippen MR) is 113 cm³/mol. The molecule has 0 bridgehead atoms. The molecular formula is C24H24FNO4. The van der Waals surface area contributed by atoms with Crippen molar-refractivity contribution in [3.05, 3.63) is 89.2 Å². The van der Waals surface area contributed by atoms with Crippen LogP contribution in [-0.2, 0) is 17.9 Å². The molecule has 0 aliphatic heterocycles. The maximum atomic E-state index is 13.0. The fourth-order valence-corrected chi connectivity index (χ4v) is 2.83. The van der Waals surface area contributed by atoms with Gasteiger partial charge in [0.1, 0.15) is 12.4 Å². The summed E-state index contributed by atoms with van der Waals surface area (Å²) < 4.78 is 29.3. The third-order valence-electron chi connectivity index (χ3n) is 4.43. The maximum absolute atomic E-state index is 13.0. The number of nitrogens with one attached hydrogen (secondary N) is 1. The van der Waals surface area contributed by atoms with Gasteiger partial charge in [0.25, 0.3) is 0 Å². The van der Waals surface area contributed by atoms with Gasteiger partial charge in [-0.25, -0.2) is 9.18 Å². The largest absolute Gasteiger partial charge is 0.493 e. The Morgan fingerprint density at radius 1 is 0.933 bits per heavy atom. The van der Waals surface area contributed by atoms with Crippen molar-refractivity contribution in [2.45, 2.75) is 20.1 Å². The summed E-state index contributed by atoms with van der Waals surface area (Å²) in [5.41, 5.74) is 3.29. The number of hydrogen-bond donors (Lipinski definition) is 1. The van der Waals surface area contributed by atoms with E-state index in [1.54, 1.807) is 38.3 Å². The quantitative estimate of drug-likeness (QED) is 0.492. The summed E-state index contributed by atoms with van der Waals surface area (Å²) in [5.74, 6) is 0.632. The van der Waals surface area contributed by atoms with Crippen LogP contribution in [0.4, 0.5) is 10.1 Å². The lowest BCUT2D eigenvalue weighted by atomic mass is 10.1. The first-order valence-corrected chi connectivity index (χ1v) is 9.64. The number of hydrogen-bond acceptors (Lipinski definition) is 5. The molecule has 0 saturated heterocycles. The third-order valence-corrected chi connectivity index (χ3v) is 4.43. The van der Waals surface area contributed by atoms with E-state index in [1.165, 1.54) is 12.1 Å². The number of halogens is 1. The molecule has 0 aromatic heterocycles. The van der Waals surface area contributed by atoms with Gasteiger partial charge in [-0.05, 0) is 66.6 Å². The number of carbonyl (C=O) groups is 1. The van der Waals surface area contributed by atoms with Crippen molar-refractivity contribution in [2.24, 2.45) is 0 Å². The minimum Gasteiger partial charge on any atom is -0.493 e. The summed E-state index contributed by atoms with van der Waals surface area (Å²) in [6, 6.07) is 19.0. The van der Waals surface area contributed by atoms with Crippen molar-refractivity contribution in [2.75, 3.05) is 19.0 Å². The van der Waals surface area contributed by atoms with E-state index in [1.807, 2.05) is 30.3 Å². The van der Waals surface area contributed by atoms with E-state index in [0.717, 1.165) is 16.8 Å². The molecule has 0 saturated carbocycles. The third kappa shape index (κ3) is 5.73. The average Bonchev–Trinajstić information content (AvgIpc) is 2.78. The first-order valence-electron chi connectivity index (χ1n) is 9.64. The molecule has 0 spiro atoms. The molecule has 0 heterocycles. The molecule has 3 aromatic carbocycles. The molecule has 3 rings (SSSR count). The molecular weight excluding hydrogens is 385 g/mol. The van der Waals surface area contributed by atoms with Crippen LogP contribution < -0.4 is 14.8 Å². The zero-order valence-corrected chi connectivity index (χ0v) is 17.0. The first kappa shape index (κ1) is 21.2. The highest BCUT2D eigenvalue weighted by atomic mass is 19.1. The topological polar surface area (TPSA) is 56.8 Å². The molecule has 0 unspecified atom stereocenters. The normalized spacial score (nSPS) is 10.4. The van der Waals surface area contributed by atoms with Crippen LogP contribution in [-0.4, -0.2) is 19.7 Å². The predicted octanol–water partition coefficient (Wildman–Crippen LogP) is 5.20. The van der Waals surface area contributed by atoms with Gasteiger partial charge in [-0.1, -0.05) is 18.2 Å². The Balaban J connectivity index is 1.59. The van der Waals surface area contributed by atoms with Gasteiger partial charge in [0.2, 0.25) is 0 Å². The van der Waals surface area contributed by atoms with Crippen LogP contribution >= 0.6 is 0 Å². The van der Waals surface area contributed by atoms with E-state index in [4.69, 9.17) is 14.2 Å². The van der Waals surface area contributed by atoms with E-state index >= 15 is 0 Å². The Labute approximate surface area is 175 Å². The summed E-state index contributed by atoms with van der Waals surface area (Å²) in [5, 5.41) is 3.31. The van der Waals surface area contributed by atoms with Crippen molar-refractivity contribution >= 4 is 11.7 Å². The van der Waals surface area contributed by atoms with Gasteiger partial charge < -0.3 is 19.5 Å². The number of benzene rings is 3. The summed E-state index contributed by atoms with van der Waals surface area (Å²) in [6.45, 7) is 3.03. The number of esters is 1. The van der Waals surface area contributed by atoms with E-state index in [2.05, 4.69) is 5.32 Å². The highest BCUT2D eigenvalue weighted by molar-refractivity contribution is 5.89. The van der Waals surface area contributed by atoms with Crippen LogP contribution in [0.1, 0.15) is 28.4 Å². The second-order valence-electron chi connectivity index (χ2n) is 6.55. The molecule has 30 heavy (non-hydrogen) atoms. The zero-order chi connectivity index (χ0) is 21.3. The maximum Gasteiger partial charge on any atom is 0.338 e. The highest BCUT2D eigenvalue weighted by Gasteiger charge is 2.08. The fraction of sp³-hybridized carbons (Fsp3) is 0.208. The van der Waals surface area contributed by atoms with E-state index in [0.29, 0.717) is 36.8 Å². The first-order chi connectivity index (χ1) is 14.6. The lowest BCUT2D eigenvalue weighted by molar-refractivity contribution is 0.0526. The SMILES string of the molecule is CCOC(=O)c1ccc(NCc2ccc(OCc3ccc(F)cc3)c(OC)c2)cc1. The Kier molecular flexibility index (Phi) is 7.27. The molecule has 0 aliphatic carbocycles. The minimum absolute atomic E-state index is 0.274. The Morgan fingerprint density at radius 2 is 1.63 bits per heavy atom. The van der Waals surface area contributed by atoms with Crippen LogP contribution in [0.5, 0.6) is 11.5 Å². The number of methoxy groups -OCH3 is 1. The molecule has 5 nitrogen and oxygen atoms in total. The lowest BCUT2D eigenvalue weighted by Crippen LogP contribution is -2.05. The smallest absolute Gasteiger partial charge is 0.338 e. The number of carbonyl (C=O) groups excluding carboxylic acids is 1. The molecule has 0 amide bonds. The molecule has 0 radical (unpaired) electrons. The molecule has 0 aliphatic rings. The molecule has 0 fully saturated rings. The van der Waals surface area contributed by atoms with Gasteiger partial charge in [-0.3, -0.25) is 0 Å². The van der Waals surface area contributed by atoms with Crippen LogP contribution in [0.2, 0.25) is 0 Å². The Morgan fingerprint density at radius 3 is 2.30 bits per heavy atom. The van der Waals surface area contributed by atoms with Crippen molar-refractivity contribution in [1.82, 2.24) is 0 Å². The standard InChI is InChI=1S/C24H24FNO4/c1-3-29-24(27)19-7-11-21(12-8-19)26-15-18-6-13-22(23(14-18)28-2)30-16-17-4-9-20(25)10-5-17/h4-14,26H,3,15-16H2,1-2H3. The van der Waals surface area contributed by atoms with Crippen LogP contribution in [0.3, 0.4) is 0 Å². The number of anilines is 1. The van der Waals surface area contributed by atoms with Gasteiger partial charge >= 0.3 is 5.97 Å². The van der Waals surface area contributed by atoms with Crippen molar-refractivity contribution in [1.29, 1.82) is 0 Å². The van der Waals surface area contributed by atoms with Gasteiger partial charge in [0, 0.05) is 12.2 Å².